The van der Waals surface area contributed by atoms with E-state index in [9.17, 15) is 14.0 Å². The SMILES string of the molecule is CC1CN(c2ccc(F)cc2)C2=[N+](C1)C1C(=O)N(C)C(=O)N(C)C1=N2. The zero-order valence-electron chi connectivity index (χ0n) is 14.3. The number of aliphatic imine (C=N–C) groups is 1. The van der Waals surface area contributed by atoms with E-state index < -0.39 is 6.04 Å². The van der Waals surface area contributed by atoms with E-state index in [1.165, 1.54) is 24.1 Å². The molecule has 2 atom stereocenters. The monoisotopic (exact) mass is 344 g/mol. The number of rotatable bonds is 1. The van der Waals surface area contributed by atoms with Gasteiger partial charge in [0.1, 0.15) is 11.5 Å². The number of hydrogen-bond donors (Lipinski definition) is 0. The number of amidine groups is 1. The molecule has 0 saturated carbocycles. The topological polar surface area (TPSA) is 59.2 Å². The molecule has 0 aliphatic carbocycles. The van der Waals surface area contributed by atoms with Crippen molar-refractivity contribution in [3.63, 3.8) is 0 Å². The number of carbonyl (C=O) groups excluding carboxylic acids is 2. The molecule has 25 heavy (non-hydrogen) atoms. The van der Waals surface area contributed by atoms with Gasteiger partial charge in [-0.05, 0) is 24.3 Å². The summed E-state index contributed by atoms with van der Waals surface area (Å²) in [6, 6.07) is 5.23. The highest BCUT2D eigenvalue weighted by molar-refractivity contribution is 6.23. The van der Waals surface area contributed by atoms with E-state index in [1.54, 1.807) is 19.2 Å². The van der Waals surface area contributed by atoms with Crippen molar-refractivity contribution in [3.05, 3.63) is 30.1 Å². The molecule has 4 rings (SSSR count). The summed E-state index contributed by atoms with van der Waals surface area (Å²) >= 11 is 0. The predicted octanol–water partition coefficient (Wildman–Crippen LogP) is 0.955. The standard InChI is InChI=1S/C17H19FN5O2/c1-10-8-22(12-6-4-11(18)5-7-12)16-19-14-13(23(16)9-10)15(24)21(3)17(25)20(14)2/h4-7,10,13H,8-9H2,1-3H3/q+1. The van der Waals surface area contributed by atoms with Crippen LogP contribution >= 0.6 is 0 Å². The highest BCUT2D eigenvalue weighted by atomic mass is 19.1. The fourth-order valence-electron chi connectivity index (χ4n) is 3.62. The van der Waals surface area contributed by atoms with E-state index >= 15 is 0 Å². The molecular weight excluding hydrogens is 325 g/mol. The molecule has 3 heterocycles. The molecule has 3 aliphatic rings. The molecule has 3 aliphatic heterocycles. The molecule has 1 aromatic carbocycles. The van der Waals surface area contributed by atoms with E-state index in [1.807, 2.05) is 9.48 Å². The molecule has 7 nitrogen and oxygen atoms in total. The van der Waals surface area contributed by atoms with Crippen molar-refractivity contribution in [1.82, 2.24) is 9.80 Å². The summed E-state index contributed by atoms with van der Waals surface area (Å²) in [6.07, 6.45) is 0. The Kier molecular flexibility index (Phi) is 3.38. The first-order valence-electron chi connectivity index (χ1n) is 8.19. The van der Waals surface area contributed by atoms with Gasteiger partial charge in [-0.2, -0.15) is 0 Å². The molecule has 1 aromatic rings. The lowest BCUT2D eigenvalue weighted by Crippen LogP contribution is -2.62. The van der Waals surface area contributed by atoms with Crippen molar-refractivity contribution in [2.24, 2.45) is 10.9 Å². The molecular formula is C17H19FN5O2+. The Balaban J connectivity index is 1.81. The molecule has 0 N–H and O–H groups in total. The minimum atomic E-state index is -0.589. The number of guanidine groups is 1. The predicted molar refractivity (Wildman–Crippen MR) is 90.2 cm³/mol. The number of halogens is 1. The van der Waals surface area contributed by atoms with Crippen LogP contribution in [0.25, 0.3) is 0 Å². The van der Waals surface area contributed by atoms with Crippen LogP contribution in [0.15, 0.2) is 29.3 Å². The number of carbonyl (C=O) groups is 2. The fraction of sp³-hybridized carbons (Fsp3) is 0.412. The van der Waals surface area contributed by atoms with Gasteiger partial charge in [-0.15, -0.1) is 0 Å². The number of anilines is 1. The molecule has 1 saturated heterocycles. The second kappa shape index (κ2) is 5.37. The van der Waals surface area contributed by atoms with Crippen LogP contribution in [0.1, 0.15) is 6.92 Å². The molecule has 0 aromatic heterocycles. The van der Waals surface area contributed by atoms with Crippen molar-refractivity contribution in [1.29, 1.82) is 0 Å². The summed E-state index contributed by atoms with van der Waals surface area (Å²) in [6.45, 7) is 3.48. The number of nitrogens with zero attached hydrogens (tertiary/aromatic N) is 5. The highest BCUT2D eigenvalue weighted by Crippen LogP contribution is 2.27. The van der Waals surface area contributed by atoms with Crippen LogP contribution in [0.2, 0.25) is 0 Å². The molecule has 8 heteroatoms. The first kappa shape index (κ1) is 15.7. The van der Waals surface area contributed by atoms with Crippen LogP contribution in [0.5, 0.6) is 0 Å². The average Bonchev–Trinajstić information content (AvgIpc) is 2.97. The Bertz CT molecular complexity index is 832. The fourth-order valence-corrected chi connectivity index (χ4v) is 3.62. The minimum absolute atomic E-state index is 0.273. The Hall–Kier alpha value is -2.77. The first-order valence-corrected chi connectivity index (χ1v) is 8.19. The van der Waals surface area contributed by atoms with Crippen molar-refractivity contribution < 1.29 is 18.6 Å². The summed E-state index contributed by atoms with van der Waals surface area (Å²) in [4.78, 5) is 34.0. The van der Waals surface area contributed by atoms with Crippen molar-refractivity contribution >= 4 is 29.4 Å². The smallest absolute Gasteiger partial charge is 0.270 e. The van der Waals surface area contributed by atoms with Gasteiger partial charge in [0.2, 0.25) is 11.9 Å². The Morgan fingerprint density at radius 3 is 2.52 bits per heavy atom. The molecule has 0 radical (unpaired) electrons. The van der Waals surface area contributed by atoms with Crippen LogP contribution in [-0.4, -0.2) is 71.3 Å². The molecule has 130 valence electrons. The van der Waals surface area contributed by atoms with Crippen molar-refractivity contribution in [2.45, 2.75) is 13.0 Å². The lowest BCUT2D eigenvalue weighted by atomic mass is 10.1. The third-order valence-corrected chi connectivity index (χ3v) is 4.89. The number of fused-ring (bicyclic) bond motifs is 2. The largest absolute Gasteiger partial charge is 0.397 e. The third kappa shape index (κ3) is 2.24. The van der Waals surface area contributed by atoms with Gasteiger partial charge in [0.25, 0.3) is 5.91 Å². The summed E-state index contributed by atoms with van der Waals surface area (Å²) in [5.74, 6) is 0.788. The lowest BCUT2D eigenvalue weighted by molar-refractivity contribution is -0.545. The van der Waals surface area contributed by atoms with Crippen LogP contribution in [-0.2, 0) is 4.79 Å². The van der Waals surface area contributed by atoms with Gasteiger partial charge in [-0.1, -0.05) is 11.9 Å². The van der Waals surface area contributed by atoms with Crippen LogP contribution < -0.4 is 4.90 Å². The van der Waals surface area contributed by atoms with E-state index in [2.05, 4.69) is 11.9 Å². The summed E-state index contributed by atoms with van der Waals surface area (Å²) in [5, 5.41) is 0. The highest BCUT2D eigenvalue weighted by Gasteiger charge is 2.54. The second-order valence-electron chi connectivity index (χ2n) is 6.76. The van der Waals surface area contributed by atoms with E-state index in [-0.39, 0.29) is 23.7 Å². The van der Waals surface area contributed by atoms with E-state index in [0.717, 1.165) is 10.6 Å². The summed E-state index contributed by atoms with van der Waals surface area (Å²) in [5.41, 5.74) is 0.811. The van der Waals surface area contributed by atoms with Crippen LogP contribution in [0, 0.1) is 11.7 Å². The van der Waals surface area contributed by atoms with Gasteiger partial charge in [0, 0.05) is 20.0 Å². The number of likely N-dealkylation sites (N-methyl/N-ethyl adjacent to an activating group) is 2. The number of imide groups is 1. The van der Waals surface area contributed by atoms with Gasteiger partial charge in [0.05, 0.1) is 13.1 Å². The normalized spacial score (nSPS) is 26.1. The zero-order valence-corrected chi connectivity index (χ0v) is 14.3. The van der Waals surface area contributed by atoms with E-state index in [4.69, 9.17) is 0 Å². The van der Waals surface area contributed by atoms with Gasteiger partial charge >= 0.3 is 12.0 Å². The lowest BCUT2D eigenvalue weighted by Gasteiger charge is -2.33. The molecule has 0 spiro atoms. The van der Waals surface area contributed by atoms with E-state index in [0.29, 0.717) is 24.9 Å². The average molecular weight is 344 g/mol. The maximum atomic E-state index is 13.3. The Morgan fingerprint density at radius 1 is 1.16 bits per heavy atom. The van der Waals surface area contributed by atoms with Crippen molar-refractivity contribution in [3.8, 4) is 0 Å². The zero-order chi connectivity index (χ0) is 17.9. The van der Waals surface area contributed by atoms with Crippen LogP contribution in [0.3, 0.4) is 0 Å². The third-order valence-electron chi connectivity index (χ3n) is 4.89. The Morgan fingerprint density at radius 2 is 1.84 bits per heavy atom. The number of amides is 3. The Labute approximate surface area is 144 Å². The molecule has 2 unspecified atom stereocenters. The summed E-state index contributed by atoms with van der Waals surface area (Å²) < 4.78 is 15.2. The quantitative estimate of drug-likeness (QED) is 0.713. The minimum Gasteiger partial charge on any atom is -0.270 e. The maximum absolute atomic E-state index is 13.3. The first-order chi connectivity index (χ1) is 11.9. The molecule has 1 fully saturated rings. The van der Waals surface area contributed by atoms with Gasteiger partial charge in [-0.25, -0.2) is 18.7 Å². The number of urea groups is 1. The second-order valence-corrected chi connectivity index (χ2v) is 6.76. The van der Waals surface area contributed by atoms with Gasteiger partial charge in [-0.3, -0.25) is 14.6 Å². The van der Waals surface area contributed by atoms with Gasteiger partial charge < -0.3 is 0 Å². The number of hydrogen-bond acceptors (Lipinski definition) is 4. The van der Waals surface area contributed by atoms with Gasteiger partial charge in [0.15, 0.2) is 0 Å². The molecule has 3 amide bonds. The van der Waals surface area contributed by atoms with Crippen LogP contribution in [0.4, 0.5) is 14.9 Å². The number of benzene rings is 1. The van der Waals surface area contributed by atoms with Crippen molar-refractivity contribution in [2.75, 3.05) is 32.1 Å². The molecule has 0 bridgehead atoms. The summed E-state index contributed by atoms with van der Waals surface area (Å²) in [7, 11) is 3.11. The maximum Gasteiger partial charge on any atom is 0.397 e.